The molecule has 1 aliphatic rings. The highest BCUT2D eigenvalue weighted by Gasteiger charge is 2.23. The second kappa shape index (κ2) is 6.28. The molecule has 1 atom stereocenters. The second-order valence-corrected chi connectivity index (χ2v) is 7.52. The second-order valence-electron chi connectivity index (χ2n) is 5.97. The van der Waals surface area contributed by atoms with E-state index in [1.807, 2.05) is 0 Å². The minimum absolute atomic E-state index is 0.475. The molecule has 4 nitrogen and oxygen atoms in total. The van der Waals surface area contributed by atoms with Crippen LogP contribution >= 0.6 is 11.8 Å². The number of thioether (sulfide) groups is 1. The summed E-state index contributed by atoms with van der Waals surface area (Å²) in [4.78, 5) is 7.34. The highest BCUT2D eigenvalue weighted by Crippen LogP contribution is 2.27. The van der Waals surface area contributed by atoms with Crippen molar-refractivity contribution in [1.82, 2.24) is 14.7 Å². The zero-order valence-corrected chi connectivity index (χ0v) is 13.9. The zero-order chi connectivity index (χ0) is 14.8. The third-order valence-electron chi connectivity index (χ3n) is 3.83. The molecule has 1 saturated heterocycles. The van der Waals surface area contributed by atoms with Crippen LogP contribution in [0.2, 0.25) is 0 Å². The van der Waals surface area contributed by atoms with Crippen LogP contribution in [0.15, 0.2) is 24.4 Å². The first kappa shape index (κ1) is 14.7. The van der Waals surface area contributed by atoms with E-state index in [1.54, 1.807) is 0 Å². The van der Waals surface area contributed by atoms with Crippen molar-refractivity contribution >= 4 is 23.2 Å². The monoisotopic (exact) mass is 304 g/mol. The molecule has 0 amide bonds. The summed E-state index contributed by atoms with van der Waals surface area (Å²) >= 11 is 2.06. The molecule has 21 heavy (non-hydrogen) atoms. The standard InChI is InChI=1S/C16H24N4S/c1-12(2)17-10-14-16(19-8-9-21-13(3)11-19)18-15-6-4-5-7-20(14)15/h4-7,12-13,17H,8-11H2,1-3H3. The molecule has 0 aliphatic carbocycles. The van der Waals surface area contributed by atoms with Crippen molar-refractivity contribution < 1.29 is 0 Å². The average Bonchev–Trinajstić information content (AvgIpc) is 2.84. The van der Waals surface area contributed by atoms with Crippen LogP contribution in [0.4, 0.5) is 5.82 Å². The Morgan fingerprint density at radius 1 is 1.43 bits per heavy atom. The minimum atomic E-state index is 0.475. The summed E-state index contributed by atoms with van der Waals surface area (Å²) in [5.41, 5.74) is 2.32. The summed E-state index contributed by atoms with van der Waals surface area (Å²) in [5, 5.41) is 4.21. The summed E-state index contributed by atoms with van der Waals surface area (Å²) in [6, 6.07) is 6.69. The topological polar surface area (TPSA) is 32.6 Å². The summed E-state index contributed by atoms with van der Waals surface area (Å²) in [7, 11) is 0. The van der Waals surface area contributed by atoms with Gasteiger partial charge in [0.25, 0.3) is 0 Å². The number of rotatable bonds is 4. The maximum atomic E-state index is 4.89. The maximum Gasteiger partial charge on any atom is 0.152 e. The number of imidazole rings is 1. The molecule has 0 aromatic carbocycles. The largest absolute Gasteiger partial charge is 0.353 e. The van der Waals surface area contributed by atoms with Gasteiger partial charge in [-0.05, 0) is 12.1 Å². The third kappa shape index (κ3) is 3.19. The van der Waals surface area contributed by atoms with Crippen LogP contribution in [-0.4, -0.2) is 39.5 Å². The molecule has 0 saturated carbocycles. The molecule has 1 aliphatic heterocycles. The third-order valence-corrected chi connectivity index (χ3v) is 4.96. The Balaban J connectivity index is 1.97. The van der Waals surface area contributed by atoms with Crippen molar-refractivity contribution in [2.45, 2.75) is 38.6 Å². The van der Waals surface area contributed by atoms with Crippen molar-refractivity contribution in [1.29, 1.82) is 0 Å². The smallest absolute Gasteiger partial charge is 0.152 e. The number of anilines is 1. The molecule has 3 heterocycles. The Labute approximate surface area is 130 Å². The number of fused-ring (bicyclic) bond motifs is 1. The van der Waals surface area contributed by atoms with Gasteiger partial charge in [0.1, 0.15) is 5.65 Å². The van der Waals surface area contributed by atoms with E-state index in [-0.39, 0.29) is 0 Å². The van der Waals surface area contributed by atoms with E-state index in [0.717, 1.165) is 31.1 Å². The van der Waals surface area contributed by atoms with Crippen molar-refractivity contribution in [2.24, 2.45) is 0 Å². The first-order valence-electron chi connectivity index (χ1n) is 7.71. The van der Waals surface area contributed by atoms with E-state index in [9.17, 15) is 0 Å². The summed E-state index contributed by atoms with van der Waals surface area (Å²) in [6.07, 6.45) is 2.12. The van der Waals surface area contributed by atoms with Crippen molar-refractivity contribution in [3.63, 3.8) is 0 Å². The maximum absolute atomic E-state index is 4.89. The lowest BCUT2D eigenvalue weighted by atomic mass is 10.3. The summed E-state index contributed by atoms with van der Waals surface area (Å²) in [5.74, 6) is 2.34. The van der Waals surface area contributed by atoms with Crippen molar-refractivity contribution in [2.75, 3.05) is 23.7 Å². The molecule has 1 N–H and O–H groups in total. The highest BCUT2D eigenvalue weighted by molar-refractivity contribution is 8.00. The van der Waals surface area contributed by atoms with Crippen molar-refractivity contribution in [3.05, 3.63) is 30.1 Å². The van der Waals surface area contributed by atoms with Gasteiger partial charge in [-0.1, -0.05) is 26.8 Å². The Hall–Kier alpha value is -1.20. The number of nitrogens with zero attached hydrogens (tertiary/aromatic N) is 3. The van der Waals surface area contributed by atoms with E-state index in [4.69, 9.17) is 4.98 Å². The van der Waals surface area contributed by atoms with Crippen LogP contribution in [0.25, 0.3) is 5.65 Å². The summed E-state index contributed by atoms with van der Waals surface area (Å²) < 4.78 is 2.22. The number of nitrogens with one attached hydrogen (secondary N) is 1. The molecule has 2 aromatic heterocycles. The fourth-order valence-electron chi connectivity index (χ4n) is 2.76. The number of hydrogen-bond donors (Lipinski definition) is 1. The predicted molar refractivity (Wildman–Crippen MR) is 91.3 cm³/mol. The van der Waals surface area contributed by atoms with Crippen LogP contribution in [0.5, 0.6) is 0 Å². The number of aromatic nitrogens is 2. The lowest BCUT2D eigenvalue weighted by molar-refractivity contribution is 0.578. The Kier molecular flexibility index (Phi) is 4.40. The molecular formula is C16H24N4S. The number of pyridine rings is 1. The molecule has 1 unspecified atom stereocenters. The van der Waals surface area contributed by atoms with Crippen LogP contribution in [0.1, 0.15) is 26.5 Å². The Morgan fingerprint density at radius 2 is 2.29 bits per heavy atom. The minimum Gasteiger partial charge on any atom is -0.353 e. The van der Waals surface area contributed by atoms with Crippen LogP contribution in [0.3, 0.4) is 0 Å². The Bertz CT molecular complexity index is 607. The quantitative estimate of drug-likeness (QED) is 0.941. The highest BCUT2D eigenvalue weighted by atomic mass is 32.2. The van der Waals surface area contributed by atoms with Gasteiger partial charge in [0.15, 0.2) is 5.82 Å². The molecule has 2 aromatic rings. The molecule has 0 spiro atoms. The first-order valence-corrected chi connectivity index (χ1v) is 8.76. The Morgan fingerprint density at radius 3 is 3.05 bits per heavy atom. The van der Waals surface area contributed by atoms with Gasteiger partial charge in [-0.15, -0.1) is 0 Å². The van der Waals surface area contributed by atoms with Gasteiger partial charge < -0.3 is 14.6 Å². The molecule has 0 radical (unpaired) electrons. The van der Waals surface area contributed by atoms with Gasteiger partial charge in [0.2, 0.25) is 0 Å². The van der Waals surface area contributed by atoms with Gasteiger partial charge in [-0.2, -0.15) is 11.8 Å². The van der Waals surface area contributed by atoms with E-state index in [1.165, 1.54) is 11.4 Å². The van der Waals surface area contributed by atoms with Crippen molar-refractivity contribution in [3.8, 4) is 0 Å². The first-order chi connectivity index (χ1) is 10.1. The molecule has 3 rings (SSSR count). The molecule has 5 heteroatoms. The van der Waals surface area contributed by atoms with Gasteiger partial charge in [0.05, 0.1) is 5.69 Å². The molecule has 1 fully saturated rings. The van der Waals surface area contributed by atoms with Crippen LogP contribution < -0.4 is 10.2 Å². The van der Waals surface area contributed by atoms with Crippen LogP contribution in [0, 0.1) is 0 Å². The summed E-state index contributed by atoms with van der Waals surface area (Å²) in [6.45, 7) is 9.71. The van der Waals surface area contributed by atoms with E-state index >= 15 is 0 Å². The van der Waals surface area contributed by atoms with Gasteiger partial charge in [0, 0.05) is 42.9 Å². The lowest BCUT2D eigenvalue weighted by Gasteiger charge is -2.31. The van der Waals surface area contributed by atoms with Gasteiger partial charge in [-0.25, -0.2) is 4.98 Å². The SMILES string of the molecule is CC(C)NCc1c(N2CCSC(C)C2)nc2ccccn12. The molecule has 114 valence electrons. The van der Waals surface area contributed by atoms with E-state index in [0.29, 0.717) is 11.3 Å². The average molecular weight is 304 g/mol. The fourth-order valence-corrected chi connectivity index (χ4v) is 3.78. The number of hydrogen-bond acceptors (Lipinski definition) is 4. The lowest BCUT2D eigenvalue weighted by Crippen LogP contribution is -2.38. The molecular weight excluding hydrogens is 280 g/mol. The van der Waals surface area contributed by atoms with E-state index < -0.39 is 0 Å². The fraction of sp³-hybridized carbons (Fsp3) is 0.562. The zero-order valence-electron chi connectivity index (χ0n) is 13.0. The van der Waals surface area contributed by atoms with E-state index in [2.05, 4.69) is 71.5 Å². The van der Waals surface area contributed by atoms with Gasteiger partial charge in [-0.3, -0.25) is 0 Å². The van der Waals surface area contributed by atoms with Crippen LogP contribution in [-0.2, 0) is 6.54 Å². The van der Waals surface area contributed by atoms with Gasteiger partial charge >= 0.3 is 0 Å². The normalized spacial score (nSPS) is 19.6. The molecule has 0 bridgehead atoms. The predicted octanol–water partition coefficient (Wildman–Crippen LogP) is 2.77.